The smallest absolute Gasteiger partial charge is 0.416 e. The number of nitrogens with one attached hydrogen (secondary N) is 1. The molecular weight excluding hydrogens is 365 g/mol. The maximum Gasteiger partial charge on any atom is 0.416 e. The number of esters is 1. The number of hydrogen-bond acceptors (Lipinski definition) is 5. The van der Waals surface area contributed by atoms with Crippen LogP contribution in [-0.2, 0) is 15.7 Å². The molecule has 1 amide bonds. The second kappa shape index (κ2) is 7.98. The highest BCUT2D eigenvalue weighted by atomic mass is 19.4. The molecule has 2 aromatic carbocycles. The molecule has 6 nitrogen and oxygen atoms in total. The number of halogens is 3. The SMILES string of the molecule is COc1ccc(C)cc1NC(=O)COC(=O)c1ccc(C(F)(F)F)cc1N. The highest BCUT2D eigenvalue weighted by Gasteiger charge is 2.31. The monoisotopic (exact) mass is 382 g/mol. The first-order valence-corrected chi connectivity index (χ1v) is 7.70. The number of aryl methyl sites for hydroxylation is 1. The van der Waals surface area contributed by atoms with Crippen LogP contribution in [0.4, 0.5) is 24.5 Å². The van der Waals surface area contributed by atoms with E-state index in [0.29, 0.717) is 23.6 Å². The molecule has 0 unspecified atom stereocenters. The highest BCUT2D eigenvalue weighted by Crippen LogP contribution is 2.31. The molecule has 0 spiro atoms. The zero-order valence-electron chi connectivity index (χ0n) is 14.5. The van der Waals surface area contributed by atoms with E-state index in [0.717, 1.165) is 11.6 Å². The minimum absolute atomic E-state index is 0.260. The van der Waals surface area contributed by atoms with Crippen LogP contribution in [0.2, 0.25) is 0 Å². The third kappa shape index (κ3) is 5.13. The van der Waals surface area contributed by atoms with Gasteiger partial charge >= 0.3 is 12.1 Å². The second-order valence-electron chi connectivity index (χ2n) is 5.63. The van der Waals surface area contributed by atoms with Crippen LogP contribution in [0.25, 0.3) is 0 Å². The lowest BCUT2D eigenvalue weighted by Gasteiger charge is -2.12. The van der Waals surface area contributed by atoms with E-state index in [1.807, 2.05) is 6.92 Å². The van der Waals surface area contributed by atoms with Crippen molar-refractivity contribution in [2.45, 2.75) is 13.1 Å². The normalized spacial score (nSPS) is 11.0. The average molecular weight is 382 g/mol. The molecule has 9 heteroatoms. The zero-order chi connectivity index (χ0) is 20.2. The van der Waals surface area contributed by atoms with Gasteiger partial charge in [-0.1, -0.05) is 6.07 Å². The zero-order valence-corrected chi connectivity index (χ0v) is 14.5. The lowest BCUT2D eigenvalue weighted by molar-refractivity contribution is -0.137. The summed E-state index contributed by atoms with van der Waals surface area (Å²) in [7, 11) is 1.44. The molecule has 0 saturated heterocycles. The summed E-state index contributed by atoms with van der Waals surface area (Å²) in [5, 5.41) is 2.53. The van der Waals surface area contributed by atoms with Crippen LogP contribution in [0.5, 0.6) is 5.75 Å². The van der Waals surface area contributed by atoms with Crippen LogP contribution >= 0.6 is 0 Å². The van der Waals surface area contributed by atoms with Crippen LogP contribution < -0.4 is 15.8 Å². The molecule has 0 aliphatic carbocycles. The third-order valence-corrected chi connectivity index (χ3v) is 3.56. The lowest BCUT2D eigenvalue weighted by atomic mass is 10.1. The standard InChI is InChI=1S/C18H17F3N2O4/c1-10-3-6-15(26-2)14(7-10)23-16(24)9-27-17(25)12-5-4-11(8-13(12)22)18(19,20)21/h3-8H,9,22H2,1-2H3,(H,23,24). The summed E-state index contributed by atoms with van der Waals surface area (Å²) in [6.07, 6.45) is -4.58. The van der Waals surface area contributed by atoms with Gasteiger partial charge in [0.2, 0.25) is 0 Å². The van der Waals surface area contributed by atoms with Crippen molar-refractivity contribution in [2.24, 2.45) is 0 Å². The Balaban J connectivity index is 2.01. The Bertz CT molecular complexity index is 866. The van der Waals surface area contributed by atoms with Gasteiger partial charge in [0.25, 0.3) is 5.91 Å². The third-order valence-electron chi connectivity index (χ3n) is 3.56. The van der Waals surface area contributed by atoms with E-state index >= 15 is 0 Å². The molecule has 2 aromatic rings. The number of hydrogen-bond donors (Lipinski definition) is 2. The van der Waals surface area contributed by atoms with Gasteiger partial charge in [0.1, 0.15) is 5.75 Å². The Morgan fingerprint density at radius 1 is 1.15 bits per heavy atom. The Morgan fingerprint density at radius 2 is 1.85 bits per heavy atom. The van der Waals surface area contributed by atoms with Crippen LogP contribution in [-0.4, -0.2) is 25.6 Å². The van der Waals surface area contributed by atoms with E-state index in [4.69, 9.17) is 15.2 Å². The van der Waals surface area contributed by atoms with Crippen molar-refractivity contribution in [3.05, 3.63) is 53.1 Å². The number of nitrogen functional groups attached to an aromatic ring is 1. The number of nitrogens with two attached hydrogens (primary N) is 1. The summed E-state index contributed by atoms with van der Waals surface area (Å²) in [6, 6.07) is 7.38. The molecule has 0 aromatic heterocycles. The van der Waals surface area contributed by atoms with Gasteiger partial charge in [0.15, 0.2) is 6.61 Å². The quantitative estimate of drug-likeness (QED) is 0.611. The number of rotatable bonds is 5. The van der Waals surface area contributed by atoms with Crippen LogP contribution in [0.3, 0.4) is 0 Å². The molecule has 0 atom stereocenters. The molecule has 3 N–H and O–H groups in total. The lowest BCUT2D eigenvalue weighted by Crippen LogP contribution is -2.22. The fraction of sp³-hybridized carbons (Fsp3) is 0.222. The fourth-order valence-electron chi connectivity index (χ4n) is 2.24. The average Bonchev–Trinajstić information content (AvgIpc) is 2.59. The largest absolute Gasteiger partial charge is 0.495 e. The van der Waals surface area contributed by atoms with Gasteiger partial charge in [-0.05, 0) is 42.8 Å². The summed E-state index contributed by atoms with van der Waals surface area (Å²) in [6.45, 7) is 1.18. The fourth-order valence-corrected chi connectivity index (χ4v) is 2.24. The van der Waals surface area contributed by atoms with E-state index in [-0.39, 0.29) is 5.56 Å². The number of methoxy groups -OCH3 is 1. The van der Waals surface area contributed by atoms with Gasteiger partial charge in [-0.25, -0.2) is 4.79 Å². The van der Waals surface area contributed by atoms with Gasteiger partial charge in [0, 0.05) is 5.69 Å². The Kier molecular flexibility index (Phi) is 5.94. The van der Waals surface area contributed by atoms with Crippen molar-refractivity contribution >= 4 is 23.3 Å². The van der Waals surface area contributed by atoms with Crippen molar-refractivity contribution < 1.29 is 32.2 Å². The summed E-state index contributed by atoms with van der Waals surface area (Å²) in [5.41, 5.74) is 5.12. The number of anilines is 2. The highest BCUT2D eigenvalue weighted by molar-refractivity contribution is 5.98. The molecule has 0 bridgehead atoms. The Labute approximate surface area is 153 Å². The number of benzene rings is 2. The number of amides is 1. The van der Waals surface area contributed by atoms with Gasteiger partial charge < -0.3 is 20.5 Å². The van der Waals surface area contributed by atoms with Gasteiger partial charge in [0.05, 0.1) is 23.9 Å². The van der Waals surface area contributed by atoms with Crippen LogP contribution in [0, 0.1) is 6.92 Å². The number of alkyl halides is 3. The molecule has 0 aliphatic heterocycles. The number of carbonyl (C=O) groups excluding carboxylic acids is 2. The second-order valence-corrected chi connectivity index (χ2v) is 5.63. The van der Waals surface area contributed by atoms with Crippen molar-refractivity contribution in [1.29, 1.82) is 0 Å². The minimum Gasteiger partial charge on any atom is -0.495 e. The van der Waals surface area contributed by atoms with Crippen molar-refractivity contribution in [3.63, 3.8) is 0 Å². The first-order valence-electron chi connectivity index (χ1n) is 7.70. The van der Waals surface area contributed by atoms with Crippen molar-refractivity contribution in [3.8, 4) is 5.75 Å². The summed E-state index contributed by atoms with van der Waals surface area (Å²) < 4.78 is 47.8. The minimum atomic E-state index is -4.58. The number of carbonyl (C=O) groups is 2. The predicted octanol–water partition coefficient (Wildman–Crippen LogP) is 3.40. The molecule has 27 heavy (non-hydrogen) atoms. The summed E-state index contributed by atoms with van der Waals surface area (Å²) >= 11 is 0. The van der Waals surface area contributed by atoms with E-state index < -0.39 is 35.9 Å². The first kappa shape index (κ1) is 20.1. The predicted molar refractivity (Wildman–Crippen MR) is 92.5 cm³/mol. The Hall–Kier alpha value is -3.23. The molecule has 0 fully saturated rings. The summed E-state index contributed by atoms with van der Waals surface area (Å²) in [4.78, 5) is 23.9. The van der Waals surface area contributed by atoms with Crippen molar-refractivity contribution in [2.75, 3.05) is 24.8 Å². The molecule has 0 radical (unpaired) electrons. The Morgan fingerprint density at radius 3 is 2.44 bits per heavy atom. The van der Waals surface area contributed by atoms with Gasteiger partial charge in [-0.15, -0.1) is 0 Å². The van der Waals surface area contributed by atoms with E-state index in [1.54, 1.807) is 18.2 Å². The molecular formula is C18H17F3N2O4. The van der Waals surface area contributed by atoms with Crippen molar-refractivity contribution in [1.82, 2.24) is 0 Å². The molecule has 144 valence electrons. The number of ether oxygens (including phenoxy) is 2. The van der Waals surface area contributed by atoms with E-state index in [1.165, 1.54) is 7.11 Å². The first-order chi connectivity index (χ1) is 12.6. The van der Waals surface area contributed by atoms with E-state index in [2.05, 4.69) is 5.32 Å². The molecule has 0 aliphatic rings. The molecule has 0 heterocycles. The van der Waals surface area contributed by atoms with Crippen LogP contribution in [0.1, 0.15) is 21.5 Å². The topological polar surface area (TPSA) is 90.6 Å². The van der Waals surface area contributed by atoms with Crippen LogP contribution in [0.15, 0.2) is 36.4 Å². The van der Waals surface area contributed by atoms with Gasteiger partial charge in [-0.2, -0.15) is 13.2 Å². The molecule has 2 rings (SSSR count). The van der Waals surface area contributed by atoms with E-state index in [9.17, 15) is 22.8 Å². The van der Waals surface area contributed by atoms with Gasteiger partial charge in [-0.3, -0.25) is 4.79 Å². The summed E-state index contributed by atoms with van der Waals surface area (Å²) in [5.74, 6) is -1.22. The molecule has 0 saturated carbocycles. The maximum atomic E-state index is 12.6. The maximum absolute atomic E-state index is 12.6.